The molecule has 1 unspecified atom stereocenters. The topological polar surface area (TPSA) is 50.1 Å². The van der Waals surface area contributed by atoms with Gasteiger partial charge >= 0.3 is 0 Å². The highest BCUT2D eigenvalue weighted by Crippen LogP contribution is 2.44. The molecule has 0 saturated heterocycles. The van der Waals surface area contributed by atoms with Crippen LogP contribution in [0.25, 0.3) is 0 Å². The molecular formula is C13H23N3O. The van der Waals surface area contributed by atoms with Crippen molar-refractivity contribution in [2.45, 2.75) is 39.7 Å². The molecule has 1 atom stereocenters. The summed E-state index contributed by atoms with van der Waals surface area (Å²) in [5.41, 5.74) is 3.77. The van der Waals surface area contributed by atoms with Crippen LogP contribution in [0.15, 0.2) is 0 Å². The highest BCUT2D eigenvalue weighted by Gasteiger charge is 2.41. The Morgan fingerprint density at radius 1 is 1.47 bits per heavy atom. The van der Waals surface area contributed by atoms with E-state index < -0.39 is 0 Å². The molecular weight excluding hydrogens is 214 g/mol. The molecule has 4 heteroatoms. The molecule has 1 heterocycles. The van der Waals surface area contributed by atoms with Crippen molar-refractivity contribution in [3.8, 4) is 0 Å². The first-order valence-electron chi connectivity index (χ1n) is 6.33. The van der Waals surface area contributed by atoms with Crippen molar-refractivity contribution < 1.29 is 5.11 Å². The monoisotopic (exact) mass is 237 g/mol. The number of aliphatic hydroxyl groups is 1. The van der Waals surface area contributed by atoms with Crippen LogP contribution < -0.4 is 5.32 Å². The molecule has 2 rings (SSSR count). The molecule has 0 aliphatic heterocycles. The Kier molecular flexibility index (Phi) is 3.27. The third-order valence-electron chi connectivity index (χ3n) is 4.07. The van der Waals surface area contributed by atoms with Crippen molar-refractivity contribution in [3.63, 3.8) is 0 Å². The second-order valence-corrected chi connectivity index (χ2v) is 5.47. The number of hydrogen-bond acceptors (Lipinski definition) is 3. The van der Waals surface area contributed by atoms with Crippen molar-refractivity contribution in [3.05, 3.63) is 17.0 Å². The summed E-state index contributed by atoms with van der Waals surface area (Å²) in [5, 5.41) is 17.3. The summed E-state index contributed by atoms with van der Waals surface area (Å²) >= 11 is 0. The van der Waals surface area contributed by atoms with Crippen molar-refractivity contribution in [2.75, 3.05) is 13.2 Å². The molecule has 1 aromatic rings. The standard InChI is InChI=1S/C13H23N3O/c1-9(14-7-13(8-17)5-6-13)12-10(2)15-16(4)11(12)3/h9,14,17H,5-8H2,1-4H3. The number of nitrogens with zero attached hydrogens (tertiary/aromatic N) is 2. The van der Waals surface area contributed by atoms with E-state index in [4.69, 9.17) is 0 Å². The fourth-order valence-electron chi connectivity index (χ4n) is 2.46. The van der Waals surface area contributed by atoms with Gasteiger partial charge in [-0.25, -0.2) is 0 Å². The fourth-order valence-corrected chi connectivity index (χ4v) is 2.46. The number of aliphatic hydroxyl groups excluding tert-OH is 1. The van der Waals surface area contributed by atoms with Crippen LogP contribution in [-0.2, 0) is 7.05 Å². The number of hydrogen-bond donors (Lipinski definition) is 2. The van der Waals surface area contributed by atoms with Gasteiger partial charge in [-0.05, 0) is 33.6 Å². The minimum Gasteiger partial charge on any atom is -0.396 e. The quantitative estimate of drug-likeness (QED) is 0.815. The second kappa shape index (κ2) is 4.42. The molecule has 17 heavy (non-hydrogen) atoms. The van der Waals surface area contributed by atoms with E-state index in [9.17, 15) is 5.11 Å². The van der Waals surface area contributed by atoms with E-state index in [1.807, 2.05) is 11.7 Å². The van der Waals surface area contributed by atoms with Gasteiger partial charge in [0.15, 0.2) is 0 Å². The van der Waals surface area contributed by atoms with Gasteiger partial charge in [0.25, 0.3) is 0 Å². The lowest BCUT2D eigenvalue weighted by molar-refractivity contribution is 0.204. The summed E-state index contributed by atoms with van der Waals surface area (Å²) in [7, 11) is 1.98. The van der Waals surface area contributed by atoms with E-state index in [2.05, 4.69) is 31.2 Å². The Morgan fingerprint density at radius 3 is 2.53 bits per heavy atom. The number of rotatable bonds is 5. The van der Waals surface area contributed by atoms with Gasteiger partial charge in [-0.3, -0.25) is 4.68 Å². The van der Waals surface area contributed by atoms with Crippen LogP contribution in [-0.4, -0.2) is 28.0 Å². The van der Waals surface area contributed by atoms with Crippen LogP contribution in [0.2, 0.25) is 0 Å². The summed E-state index contributed by atoms with van der Waals surface area (Å²) in [4.78, 5) is 0. The van der Waals surface area contributed by atoms with Gasteiger partial charge in [0.2, 0.25) is 0 Å². The maximum Gasteiger partial charge on any atom is 0.0644 e. The van der Waals surface area contributed by atoms with E-state index >= 15 is 0 Å². The number of aromatic nitrogens is 2. The summed E-state index contributed by atoms with van der Waals surface area (Å²) in [6.07, 6.45) is 2.29. The molecule has 1 aliphatic carbocycles. The van der Waals surface area contributed by atoms with Gasteiger partial charge in [0.05, 0.1) is 5.69 Å². The number of aryl methyl sites for hydroxylation is 2. The Hall–Kier alpha value is -0.870. The molecule has 0 bridgehead atoms. The van der Waals surface area contributed by atoms with Gasteiger partial charge in [-0.2, -0.15) is 5.10 Å². The third kappa shape index (κ3) is 2.38. The molecule has 4 nitrogen and oxygen atoms in total. The van der Waals surface area contributed by atoms with E-state index in [0.717, 1.165) is 25.1 Å². The third-order valence-corrected chi connectivity index (χ3v) is 4.07. The van der Waals surface area contributed by atoms with Crippen molar-refractivity contribution in [1.29, 1.82) is 0 Å². The fraction of sp³-hybridized carbons (Fsp3) is 0.769. The van der Waals surface area contributed by atoms with Crippen molar-refractivity contribution >= 4 is 0 Å². The normalized spacial score (nSPS) is 19.4. The van der Waals surface area contributed by atoms with Crippen molar-refractivity contribution in [2.24, 2.45) is 12.5 Å². The highest BCUT2D eigenvalue weighted by atomic mass is 16.3. The summed E-state index contributed by atoms with van der Waals surface area (Å²) < 4.78 is 1.93. The smallest absolute Gasteiger partial charge is 0.0644 e. The molecule has 1 aromatic heterocycles. The Morgan fingerprint density at radius 2 is 2.12 bits per heavy atom. The predicted octanol–water partition coefficient (Wildman–Crippen LogP) is 1.46. The molecule has 2 N–H and O–H groups in total. The van der Waals surface area contributed by atoms with Gasteiger partial charge in [0, 0.05) is 42.9 Å². The zero-order chi connectivity index (χ0) is 12.6. The summed E-state index contributed by atoms with van der Waals surface area (Å²) in [6.45, 7) is 7.53. The lowest BCUT2D eigenvalue weighted by Crippen LogP contribution is -2.29. The Balaban J connectivity index is 2.02. The van der Waals surface area contributed by atoms with E-state index in [0.29, 0.717) is 12.6 Å². The summed E-state index contributed by atoms with van der Waals surface area (Å²) in [6, 6.07) is 0.299. The van der Waals surface area contributed by atoms with E-state index in [-0.39, 0.29) is 5.41 Å². The maximum absolute atomic E-state index is 9.30. The molecule has 1 aliphatic rings. The average molecular weight is 237 g/mol. The molecule has 96 valence electrons. The first-order chi connectivity index (χ1) is 7.99. The zero-order valence-electron chi connectivity index (χ0n) is 11.2. The van der Waals surface area contributed by atoms with Crippen LogP contribution in [0.4, 0.5) is 0 Å². The molecule has 1 saturated carbocycles. The first kappa shape index (κ1) is 12.6. The predicted molar refractivity (Wildman–Crippen MR) is 67.9 cm³/mol. The van der Waals surface area contributed by atoms with Crippen LogP contribution in [0, 0.1) is 19.3 Å². The SMILES string of the molecule is Cc1nn(C)c(C)c1C(C)NCC1(CO)CC1. The Bertz CT molecular complexity index is 407. The van der Waals surface area contributed by atoms with Gasteiger partial charge < -0.3 is 10.4 Å². The van der Waals surface area contributed by atoms with Crippen molar-refractivity contribution in [1.82, 2.24) is 15.1 Å². The van der Waals surface area contributed by atoms with Crippen LogP contribution in [0.5, 0.6) is 0 Å². The molecule has 0 amide bonds. The lowest BCUT2D eigenvalue weighted by Gasteiger charge is -2.19. The minimum absolute atomic E-state index is 0.165. The van der Waals surface area contributed by atoms with Crippen LogP contribution >= 0.6 is 0 Å². The second-order valence-electron chi connectivity index (χ2n) is 5.47. The van der Waals surface area contributed by atoms with E-state index in [1.54, 1.807) is 0 Å². The average Bonchev–Trinajstić information content (AvgIpc) is 3.02. The summed E-state index contributed by atoms with van der Waals surface area (Å²) in [5.74, 6) is 0. The maximum atomic E-state index is 9.30. The molecule has 0 spiro atoms. The number of nitrogens with one attached hydrogen (secondary N) is 1. The molecule has 1 fully saturated rings. The molecule has 0 aromatic carbocycles. The van der Waals surface area contributed by atoms with Gasteiger partial charge in [-0.1, -0.05) is 0 Å². The van der Waals surface area contributed by atoms with E-state index in [1.165, 1.54) is 11.3 Å². The van der Waals surface area contributed by atoms with Crippen LogP contribution in [0.1, 0.15) is 42.8 Å². The van der Waals surface area contributed by atoms with Crippen LogP contribution in [0.3, 0.4) is 0 Å². The molecule has 0 radical (unpaired) electrons. The first-order valence-corrected chi connectivity index (χ1v) is 6.33. The zero-order valence-corrected chi connectivity index (χ0v) is 11.2. The Labute approximate surface area is 103 Å². The van der Waals surface area contributed by atoms with Gasteiger partial charge in [0.1, 0.15) is 0 Å². The lowest BCUT2D eigenvalue weighted by atomic mass is 10.0. The van der Waals surface area contributed by atoms with Gasteiger partial charge in [-0.15, -0.1) is 0 Å². The highest BCUT2D eigenvalue weighted by molar-refractivity contribution is 5.27. The largest absolute Gasteiger partial charge is 0.396 e. The minimum atomic E-state index is 0.165.